The number of aryl methyl sites for hydroxylation is 1. The zero-order valence-electron chi connectivity index (χ0n) is 17.9. The van der Waals surface area contributed by atoms with Gasteiger partial charge in [0.2, 0.25) is 0 Å². The van der Waals surface area contributed by atoms with E-state index in [2.05, 4.69) is 10.6 Å². The first kappa shape index (κ1) is 21.8. The standard InChI is InChI=1S/C24H26N4O3/c1-16(25)24(17(2)26-19-9-5-4-6-10-19)27-22(29)15-31-23(30)13-18-14-28(3)21-12-8-7-11-20(18)21/h4-12,14,25-26H,13,15H2,1-3H3,(H,27,29)/b24-17+,25-16?. The minimum absolute atomic E-state index is 0.0789. The first-order valence-electron chi connectivity index (χ1n) is 9.92. The summed E-state index contributed by atoms with van der Waals surface area (Å²) in [7, 11) is 1.92. The van der Waals surface area contributed by atoms with Crippen molar-refractivity contribution in [2.24, 2.45) is 7.05 Å². The van der Waals surface area contributed by atoms with E-state index in [0.717, 1.165) is 22.2 Å². The third-order valence-electron chi connectivity index (χ3n) is 4.80. The summed E-state index contributed by atoms with van der Waals surface area (Å²) in [6, 6.07) is 17.3. The number of anilines is 1. The Morgan fingerprint density at radius 3 is 2.42 bits per heavy atom. The highest BCUT2D eigenvalue weighted by Gasteiger charge is 2.15. The molecule has 3 rings (SSSR count). The number of carbonyl (C=O) groups is 2. The number of amides is 1. The molecule has 2 aromatic carbocycles. The van der Waals surface area contributed by atoms with Crippen molar-refractivity contribution in [3.8, 4) is 0 Å². The first-order chi connectivity index (χ1) is 14.8. The van der Waals surface area contributed by atoms with E-state index in [1.807, 2.05) is 72.4 Å². The Labute approximate surface area is 181 Å². The van der Waals surface area contributed by atoms with Gasteiger partial charge in [-0.25, -0.2) is 0 Å². The van der Waals surface area contributed by atoms with Crippen LogP contribution in [0.4, 0.5) is 5.69 Å². The number of carbonyl (C=O) groups excluding carboxylic acids is 2. The van der Waals surface area contributed by atoms with Crippen LogP contribution in [0.2, 0.25) is 0 Å². The van der Waals surface area contributed by atoms with Gasteiger partial charge in [0.05, 0.1) is 17.8 Å². The number of esters is 1. The number of aromatic nitrogens is 1. The molecule has 0 saturated heterocycles. The molecular formula is C24H26N4O3. The van der Waals surface area contributed by atoms with Crippen molar-refractivity contribution in [3.63, 3.8) is 0 Å². The van der Waals surface area contributed by atoms with E-state index < -0.39 is 18.5 Å². The molecule has 7 heteroatoms. The minimum atomic E-state index is -0.498. The van der Waals surface area contributed by atoms with E-state index >= 15 is 0 Å². The van der Waals surface area contributed by atoms with E-state index in [1.165, 1.54) is 0 Å². The number of ether oxygens (including phenoxy) is 1. The Morgan fingerprint density at radius 2 is 1.71 bits per heavy atom. The number of hydrogen-bond donors (Lipinski definition) is 3. The van der Waals surface area contributed by atoms with Gasteiger partial charge in [-0.15, -0.1) is 0 Å². The molecule has 1 aromatic heterocycles. The van der Waals surface area contributed by atoms with Crippen LogP contribution in [-0.2, 0) is 27.8 Å². The van der Waals surface area contributed by atoms with Crippen molar-refractivity contribution in [1.82, 2.24) is 9.88 Å². The van der Waals surface area contributed by atoms with Gasteiger partial charge < -0.3 is 25.3 Å². The molecule has 0 spiro atoms. The predicted octanol–water partition coefficient (Wildman–Crippen LogP) is 3.76. The fourth-order valence-corrected chi connectivity index (χ4v) is 3.36. The molecule has 1 amide bonds. The summed E-state index contributed by atoms with van der Waals surface area (Å²) >= 11 is 0. The lowest BCUT2D eigenvalue weighted by atomic mass is 10.1. The Kier molecular flexibility index (Phi) is 6.87. The van der Waals surface area contributed by atoms with Gasteiger partial charge in [0.15, 0.2) is 6.61 Å². The molecule has 7 nitrogen and oxygen atoms in total. The smallest absolute Gasteiger partial charge is 0.310 e. The molecule has 0 fully saturated rings. The van der Waals surface area contributed by atoms with Crippen LogP contribution in [0.25, 0.3) is 10.9 Å². The number of para-hydroxylation sites is 2. The number of allylic oxidation sites excluding steroid dienone is 2. The highest BCUT2D eigenvalue weighted by Crippen LogP contribution is 2.21. The van der Waals surface area contributed by atoms with Crippen molar-refractivity contribution in [2.75, 3.05) is 11.9 Å². The van der Waals surface area contributed by atoms with Gasteiger partial charge in [0.25, 0.3) is 5.91 Å². The van der Waals surface area contributed by atoms with E-state index in [0.29, 0.717) is 11.4 Å². The van der Waals surface area contributed by atoms with Crippen molar-refractivity contribution in [3.05, 3.63) is 77.8 Å². The maximum absolute atomic E-state index is 12.3. The SMILES string of the molecule is CC(=N)/C(NC(=O)COC(=O)Cc1cn(C)c2ccccc12)=C(/C)Nc1ccccc1. The molecule has 1 heterocycles. The van der Waals surface area contributed by atoms with Crippen LogP contribution < -0.4 is 10.6 Å². The van der Waals surface area contributed by atoms with Crippen molar-refractivity contribution >= 4 is 34.2 Å². The Morgan fingerprint density at radius 1 is 1.03 bits per heavy atom. The zero-order chi connectivity index (χ0) is 22.4. The molecule has 0 bridgehead atoms. The van der Waals surface area contributed by atoms with Gasteiger partial charge in [0.1, 0.15) is 0 Å². The highest BCUT2D eigenvalue weighted by molar-refractivity contribution is 6.00. The third-order valence-corrected chi connectivity index (χ3v) is 4.80. The Balaban J connectivity index is 1.59. The summed E-state index contributed by atoms with van der Waals surface area (Å²) in [6.45, 7) is 2.94. The van der Waals surface area contributed by atoms with Crippen LogP contribution in [0.1, 0.15) is 19.4 Å². The zero-order valence-corrected chi connectivity index (χ0v) is 17.9. The second-order valence-electron chi connectivity index (χ2n) is 7.28. The summed E-state index contributed by atoms with van der Waals surface area (Å²) in [4.78, 5) is 24.6. The Hall–Kier alpha value is -3.87. The van der Waals surface area contributed by atoms with Gasteiger partial charge >= 0.3 is 5.97 Å². The largest absolute Gasteiger partial charge is 0.455 e. The normalized spacial score (nSPS) is 11.6. The number of rotatable bonds is 8. The second kappa shape index (κ2) is 9.75. The van der Waals surface area contributed by atoms with E-state index in [9.17, 15) is 9.59 Å². The minimum Gasteiger partial charge on any atom is -0.455 e. The summed E-state index contributed by atoms with van der Waals surface area (Å²) in [6.07, 6.45) is 1.97. The maximum atomic E-state index is 12.3. The average molecular weight is 418 g/mol. The average Bonchev–Trinajstić information content (AvgIpc) is 3.06. The highest BCUT2D eigenvalue weighted by atomic mass is 16.5. The van der Waals surface area contributed by atoms with Gasteiger partial charge in [0, 0.05) is 35.5 Å². The molecule has 160 valence electrons. The summed E-state index contributed by atoms with van der Waals surface area (Å²) in [5.74, 6) is -0.982. The van der Waals surface area contributed by atoms with Crippen LogP contribution >= 0.6 is 0 Å². The number of benzene rings is 2. The van der Waals surface area contributed by atoms with Crippen LogP contribution in [0.5, 0.6) is 0 Å². The number of nitrogens with one attached hydrogen (secondary N) is 3. The topological polar surface area (TPSA) is 96.2 Å². The maximum Gasteiger partial charge on any atom is 0.310 e. The second-order valence-corrected chi connectivity index (χ2v) is 7.28. The van der Waals surface area contributed by atoms with Crippen molar-refractivity contribution in [1.29, 1.82) is 5.41 Å². The number of fused-ring (bicyclic) bond motifs is 1. The van der Waals surface area contributed by atoms with Gasteiger partial charge in [-0.3, -0.25) is 9.59 Å². The molecule has 0 aliphatic carbocycles. The molecule has 3 N–H and O–H groups in total. The number of hydrogen-bond acceptors (Lipinski definition) is 5. The molecule has 0 unspecified atom stereocenters. The molecule has 3 aromatic rings. The Bertz CT molecular complexity index is 1150. The lowest BCUT2D eigenvalue weighted by Crippen LogP contribution is -2.32. The van der Waals surface area contributed by atoms with Gasteiger partial charge in [-0.1, -0.05) is 36.4 Å². The van der Waals surface area contributed by atoms with Crippen LogP contribution in [0.3, 0.4) is 0 Å². The fraction of sp³-hybridized carbons (Fsp3) is 0.208. The molecule has 0 aliphatic heterocycles. The third kappa shape index (κ3) is 5.60. The molecule has 0 atom stereocenters. The van der Waals surface area contributed by atoms with Crippen LogP contribution in [0.15, 0.2) is 72.2 Å². The van der Waals surface area contributed by atoms with Crippen molar-refractivity contribution < 1.29 is 14.3 Å². The summed E-state index contributed by atoms with van der Waals surface area (Å²) < 4.78 is 7.13. The predicted molar refractivity (Wildman–Crippen MR) is 122 cm³/mol. The first-order valence-corrected chi connectivity index (χ1v) is 9.92. The monoisotopic (exact) mass is 418 g/mol. The fourth-order valence-electron chi connectivity index (χ4n) is 3.36. The van der Waals surface area contributed by atoms with Crippen molar-refractivity contribution in [2.45, 2.75) is 20.3 Å². The molecule has 0 saturated carbocycles. The molecule has 31 heavy (non-hydrogen) atoms. The number of nitrogens with zero attached hydrogens (tertiary/aromatic N) is 1. The molecule has 0 radical (unpaired) electrons. The van der Waals surface area contributed by atoms with Gasteiger partial charge in [-0.05, 0) is 37.6 Å². The van der Waals surface area contributed by atoms with E-state index in [-0.39, 0.29) is 12.1 Å². The van der Waals surface area contributed by atoms with Gasteiger partial charge in [-0.2, -0.15) is 0 Å². The quantitative estimate of drug-likeness (QED) is 0.383. The van der Waals surface area contributed by atoms with Crippen LogP contribution in [-0.4, -0.2) is 28.8 Å². The lowest BCUT2D eigenvalue weighted by Gasteiger charge is -2.15. The molecule has 0 aliphatic rings. The summed E-state index contributed by atoms with van der Waals surface area (Å²) in [5, 5.41) is 14.8. The lowest BCUT2D eigenvalue weighted by molar-refractivity contribution is -0.147. The van der Waals surface area contributed by atoms with E-state index in [4.69, 9.17) is 10.1 Å². The van der Waals surface area contributed by atoms with E-state index in [1.54, 1.807) is 13.8 Å². The van der Waals surface area contributed by atoms with Crippen LogP contribution in [0, 0.1) is 5.41 Å². The summed E-state index contributed by atoms with van der Waals surface area (Å²) in [5.41, 5.74) is 3.88. The molecular weight excluding hydrogens is 392 g/mol.